The molecule has 0 spiro atoms. The van der Waals surface area contributed by atoms with Crippen molar-refractivity contribution >= 4 is 23.4 Å². The van der Waals surface area contributed by atoms with Gasteiger partial charge in [0.05, 0.1) is 0 Å². The number of nitrogens with zero attached hydrogens (tertiary/aromatic N) is 3. The summed E-state index contributed by atoms with van der Waals surface area (Å²) in [5, 5.41) is 0. The summed E-state index contributed by atoms with van der Waals surface area (Å²) in [6, 6.07) is 7.65. The summed E-state index contributed by atoms with van der Waals surface area (Å²) < 4.78 is 5.43. The zero-order valence-electron chi connectivity index (χ0n) is 18.4. The number of carbonyl (C=O) groups is 3. The Labute approximate surface area is 184 Å². The van der Waals surface area contributed by atoms with Crippen molar-refractivity contribution in [2.75, 3.05) is 44.3 Å². The lowest BCUT2D eigenvalue weighted by Gasteiger charge is -2.47. The third-order valence-electron chi connectivity index (χ3n) is 6.82. The van der Waals surface area contributed by atoms with Crippen molar-refractivity contribution in [2.45, 2.75) is 51.5 Å². The van der Waals surface area contributed by atoms with E-state index in [0.29, 0.717) is 50.6 Å². The fourth-order valence-electron chi connectivity index (χ4n) is 5.20. The van der Waals surface area contributed by atoms with Gasteiger partial charge in [-0.1, -0.05) is 0 Å². The molecular weight excluding hydrogens is 394 g/mol. The molecule has 0 aromatic heterocycles. The van der Waals surface area contributed by atoms with E-state index in [2.05, 4.69) is 0 Å². The van der Waals surface area contributed by atoms with Gasteiger partial charge >= 0.3 is 0 Å². The molecule has 3 amide bonds. The summed E-state index contributed by atoms with van der Waals surface area (Å²) >= 11 is 0. The molecule has 0 N–H and O–H groups in total. The second kappa shape index (κ2) is 9.81. The van der Waals surface area contributed by atoms with Crippen molar-refractivity contribution in [3.8, 4) is 0 Å². The van der Waals surface area contributed by atoms with Gasteiger partial charge in [0.1, 0.15) is 0 Å². The maximum Gasteiger partial charge on any atom is 0.253 e. The molecule has 0 saturated carbocycles. The van der Waals surface area contributed by atoms with Crippen LogP contribution < -0.4 is 4.90 Å². The zero-order chi connectivity index (χ0) is 21.8. The van der Waals surface area contributed by atoms with Crippen LogP contribution in [0.4, 0.5) is 5.69 Å². The predicted molar refractivity (Wildman–Crippen MR) is 118 cm³/mol. The van der Waals surface area contributed by atoms with Crippen molar-refractivity contribution in [1.82, 2.24) is 9.80 Å². The molecule has 0 aliphatic carbocycles. The van der Waals surface area contributed by atoms with Gasteiger partial charge in [-0.3, -0.25) is 14.4 Å². The normalized spacial score (nSPS) is 24.0. The first-order valence-corrected chi connectivity index (χ1v) is 11.7. The molecule has 7 nitrogen and oxygen atoms in total. The number of fused-ring (bicyclic) bond motifs is 1. The minimum atomic E-state index is 0.0394. The summed E-state index contributed by atoms with van der Waals surface area (Å²) in [6.45, 7) is 6.22. The second-order valence-electron chi connectivity index (χ2n) is 8.74. The molecule has 3 saturated heterocycles. The van der Waals surface area contributed by atoms with E-state index < -0.39 is 0 Å². The van der Waals surface area contributed by atoms with E-state index in [1.807, 2.05) is 41.0 Å². The van der Waals surface area contributed by atoms with Crippen LogP contribution in [0.1, 0.15) is 55.8 Å². The van der Waals surface area contributed by atoms with Crippen molar-refractivity contribution < 1.29 is 19.1 Å². The average Bonchev–Trinajstić information content (AvgIpc) is 3.23. The van der Waals surface area contributed by atoms with Gasteiger partial charge < -0.3 is 19.4 Å². The number of hydrogen-bond donors (Lipinski definition) is 0. The van der Waals surface area contributed by atoms with Gasteiger partial charge in [-0.05, 0) is 62.8 Å². The van der Waals surface area contributed by atoms with E-state index >= 15 is 0 Å². The molecule has 168 valence electrons. The molecule has 0 bridgehead atoms. The smallest absolute Gasteiger partial charge is 0.253 e. The van der Waals surface area contributed by atoms with Crippen LogP contribution in [0.25, 0.3) is 0 Å². The number of likely N-dealkylation sites (tertiary alicyclic amines) is 2. The first-order chi connectivity index (χ1) is 15.1. The SMILES string of the molecule is CCOCCCN1C(=O)CC[C@@H]2CN(C(=O)c3ccc(N4CCCC4=O)cc3)CC[C@@H]21. The van der Waals surface area contributed by atoms with Gasteiger partial charge in [0, 0.05) is 69.5 Å². The van der Waals surface area contributed by atoms with Gasteiger partial charge in [0.15, 0.2) is 0 Å². The second-order valence-corrected chi connectivity index (χ2v) is 8.74. The predicted octanol–water partition coefficient (Wildman–Crippen LogP) is 2.69. The highest BCUT2D eigenvalue weighted by Crippen LogP contribution is 2.32. The van der Waals surface area contributed by atoms with E-state index in [1.165, 1.54) is 0 Å². The standard InChI is InChI=1S/C24H33N3O4/c1-2-31-16-4-14-27-21-12-15-25(17-19(21)8-11-23(27)29)24(30)18-6-9-20(10-7-18)26-13-3-5-22(26)28/h6-7,9-10,19,21H,2-5,8,11-17H2,1H3/t19-,21+/m1/s1. The maximum atomic E-state index is 13.1. The third-order valence-corrected chi connectivity index (χ3v) is 6.82. The van der Waals surface area contributed by atoms with Crippen LogP contribution >= 0.6 is 0 Å². The molecule has 3 aliphatic heterocycles. The molecule has 1 aromatic rings. The van der Waals surface area contributed by atoms with Crippen LogP contribution in [0.3, 0.4) is 0 Å². The minimum absolute atomic E-state index is 0.0394. The molecule has 3 fully saturated rings. The first kappa shape index (κ1) is 21.8. The summed E-state index contributed by atoms with van der Waals surface area (Å²) in [6.07, 6.45) is 4.60. The van der Waals surface area contributed by atoms with Gasteiger partial charge in [0.2, 0.25) is 11.8 Å². The number of rotatable bonds is 7. The molecule has 4 rings (SSSR count). The molecule has 3 aliphatic rings. The Morgan fingerprint density at radius 3 is 2.58 bits per heavy atom. The molecule has 0 unspecified atom stereocenters. The Morgan fingerprint density at radius 2 is 1.87 bits per heavy atom. The summed E-state index contributed by atoms with van der Waals surface area (Å²) in [5.41, 5.74) is 1.53. The number of hydrogen-bond acceptors (Lipinski definition) is 4. The lowest BCUT2D eigenvalue weighted by atomic mass is 9.83. The molecular formula is C24H33N3O4. The molecule has 3 heterocycles. The number of piperidine rings is 2. The summed E-state index contributed by atoms with van der Waals surface area (Å²) in [5.74, 6) is 0.768. The molecule has 7 heteroatoms. The van der Waals surface area contributed by atoms with E-state index in [-0.39, 0.29) is 23.8 Å². The molecule has 0 radical (unpaired) electrons. The van der Waals surface area contributed by atoms with Crippen LogP contribution in [-0.4, -0.2) is 73.0 Å². The average molecular weight is 428 g/mol. The number of benzene rings is 1. The Kier molecular flexibility index (Phi) is 6.90. The lowest BCUT2D eigenvalue weighted by Crippen LogP contribution is -2.57. The highest BCUT2D eigenvalue weighted by Gasteiger charge is 2.40. The monoisotopic (exact) mass is 427 g/mol. The third kappa shape index (κ3) is 4.76. The summed E-state index contributed by atoms with van der Waals surface area (Å²) in [4.78, 5) is 43.3. The highest BCUT2D eigenvalue weighted by molar-refractivity contribution is 5.97. The first-order valence-electron chi connectivity index (χ1n) is 11.7. The Hall–Kier alpha value is -2.41. The van der Waals surface area contributed by atoms with Crippen LogP contribution in [-0.2, 0) is 14.3 Å². The molecule has 2 atom stereocenters. The van der Waals surface area contributed by atoms with Gasteiger partial charge in [-0.25, -0.2) is 0 Å². The number of carbonyl (C=O) groups excluding carboxylic acids is 3. The quantitative estimate of drug-likeness (QED) is 0.628. The van der Waals surface area contributed by atoms with Crippen LogP contribution in [0, 0.1) is 5.92 Å². The lowest BCUT2D eigenvalue weighted by molar-refractivity contribution is -0.140. The molecule has 1 aromatic carbocycles. The van der Waals surface area contributed by atoms with E-state index in [4.69, 9.17) is 4.74 Å². The van der Waals surface area contributed by atoms with Crippen LogP contribution in [0.5, 0.6) is 0 Å². The Bertz CT molecular complexity index is 810. The van der Waals surface area contributed by atoms with Gasteiger partial charge in [-0.15, -0.1) is 0 Å². The highest BCUT2D eigenvalue weighted by atomic mass is 16.5. The van der Waals surface area contributed by atoms with Crippen LogP contribution in [0.2, 0.25) is 0 Å². The largest absolute Gasteiger partial charge is 0.382 e. The van der Waals surface area contributed by atoms with E-state index in [1.54, 1.807) is 4.90 Å². The van der Waals surface area contributed by atoms with E-state index in [9.17, 15) is 14.4 Å². The fourth-order valence-corrected chi connectivity index (χ4v) is 5.20. The van der Waals surface area contributed by atoms with Crippen molar-refractivity contribution in [3.05, 3.63) is 29.8 Å². The van der Waals surface area contributed by atoms with Crippen molar-refractivity contribution in [2.24, 2.45) is 5.92 Å². The Morgan fingerprint density at radius 1 is 1.06 bits per heavy atom. The van der Waals surface area contributed by atoms with Gasteiger partial charge in [0.25, 0.3) is 5.91 Å². The van der Waals surface area contributed by atoms with E-state index in [0.717, 1.165) is 44.5 Å². The molecule has 31 heavy (non-hydrogen) atoms. The topological polar surface area (TPSA) is 70.2 Å². The number of anilines is 1. The summed E-state index contributed by atoms with van der Waals surface area (Å²) in [7, 11) is 0. The van der Waals surface area contributed by atoms with Crippen LogP contribution in [0.15, 0.2) is 24.3 Å². The minimum Gasteiger partial charge on any atom is -0.382 e. The van der Waals surface area contributed by atoms with Crippen molar-refractivity contribution in [3.63, 3.8) is 0 Å². The Balaban J connectivity index is 1.36. The van der Waals surface area contributed by atoms with Crippen molar-refractivity contribution in [1.29, 1.82) is 0 Å². The zero-order valence-corrected chi connectivity index (χ0v) is 18.4. The fraction of sp³-hybridized carbons (Fsp3) is 0.625. The number of amides is 3. The maximum absolute atomic E-state index is 13.1. The van der Waals surface area contributed by atoms with Gasteiger partial charge in [-0.2, -0.15) is 0 Å². The number of ether oxygens (including phenoxy) is 1.